The second-order valence-corrected chi connectivity index (χ2v) is 8.03. The Morgan fingerprint density at radius 3 is 2.80 bits per heavy atom. The van der Waals surface area contributed by atoms with Crippen molar-refractivity contribution in [2.45, 2.75) is 32.0 Å². The van der Waals surface area contributed by atoms with Crippen LogP contribution in [0.2, 0.25) is 0 Å². The molecule has 0 spiro atoms. The van der Waals surface area contributed by atoms with E-state index in [0.29, 0.717) is 19.1 Å². The van der Waals surface area contributed by atoms with Crippen molar-refractivity contribution in [3.8, 4) is 0 Å². The lowest BCUT2D eigenvalue weighted by Crippen LogP contribution is -2.46. The summed E-state index contributed by atoms with van der Waals surface area (Å²) in [6.45, 7) is 8.61. The molecule has 2 atom stereocenters. The summed E-state index contributed by atoms with van der Waals surface area (Å²) in [6, 6.07) is 6.09. The highest BCUT2D eigenvalue weighted by atomic mass is 19.1. The van der Waals surface area contributed by atoms with Crippen molar-refractivity contribution in [2.75, 3.05) is 64.5 Å². The summed E-state index contributed by atoms with van der Waals surface area (Å²) in [5, 5.41) is 5.95. The molecule has 1 amide bonds. The van der Waals surface area contributed by atoms with Gasteiger partial charge in [0, 0.05) is 19.6 Å². The summed E-state index contributed by atoms with van der Waals surface area (Å²) in [4.78, 5) is 15.3. The number of carbonyl (C=O) groups excluding carboxylic acids is 1. The third-order valence-corrected chi connectivity index (χ3v) is 5.70. The number of rotatable bonds is 11. The number of para-hydroxylation sites is 1. The summed E-state index contributed by atoms with van der Waals surface area (Å²) >= 11 is 0. The molecule has 1 aromatic carbocycles. The van der Waals surface area contributed by atoms with Crippen LogP contribution in [0.3, 0.4) is 0 Å². The molecular weight excluding hydrogens is 389 g/mol. The van der Waals surface area contributed by atoms with E-state index in [9.17, 15) is 9.18 Å². The van der Waals surface area contributed by atoms with Crippen LogP contribution in [0.5, 0.6) is 0 Å². The van der Waals surface area contributed by atoms with Crippen molar-refractivity contribution in [1.82, 2.24) is 10.2 Å². The fraction of sp³-hybridized carbons (Fsp3) is 0.682. The topological polar surface area (TPSA) is 72.1 Å². The lowest BCUT2D eigenvalue weighted by Gasteiger charge is -2.30. The normalized spacial score (nSPS) is 22.0. The Morgan fingerprint density at radius 2 is 2.07 bits per heavy atom. The van der Waals surface area contributed by atoms with E-state index in [1.54, 1.807) is 19.1 Å². The smallest absolute Gasteiger partial charge is 0.284 e. The number of hydrogen-bond donors (Lipinski definition) is 2. The molecule has 0 aromatic heterocycles. The standard InChI is InChI=1S/C22H34FN3O4/c1-22(30-14-8-18-7-9-24-17-18,21(27)25-20-6-3-2-5-19(20)23)29-13-4-10-26-11-15-28-16-12-26/h2-3,5-6,18,24H,4,7-17H2,1H3,(H,25,27). The largest absolute Gasteiger partial charge is 0.379 e. The molecule has 0 aliphatic carbocycles. The maximum Gasteiger partial charge on any atom is 0.284 e. The molecule has 8 heteroatoms. The van der Waals surface area contributed by atoms with Gasteiger partial charge in [0.2, 0.25) is 5.79 Å². The van der Waals surface area contributed by atoms with E-state index < -0.39 is 17.5 Å². The van der Waals surface area contributed by atoms with Crippen molar-refractivity contribution in [1.29, 1.82) is 0 Å². The highest BCUT2D eigenvalue weighted by Gasteiger charge is 2.36. The number of carbonyl (C=O) groups is 1. The maximum atomic E-state index is 14.0. The Hall–Kier alpha value is -1.58. The lowest BCUT2D eigenvalue weighted by atomic mass is 10.1. The fourth-order valence-electron chi connectivity index (χ4n) is 3.73. The van der Waals surface area contributed by atoms with Gasteiger partial charge in [-0.25, -0.2) is 4.39 Å². The third-order valence-electron chi connectivity index (χ3n) is 5.70. The predicted molar refractivity (Wildman–Crippen MR) is 113 cm³/mol. The van der Waals surface area contributed by atoms with Gasteiger partial charge in [0.1, 0.15) is 5.82 Å². The number of ether oxygens (including phenoxy) is 3. The van der Waals surface area contributed by atoms with Crippen molar-refractivity contribution in [3.05, 3.63) is 30.1 Å². The van der Waals surface area contributed by atoms with Crippen LogP contribution in [0.4, 0.5) is 10.1 Å². The lowest BCUT2D eigenvalue weighted by molar-refractivity contribution is -0.219. The molecule has 7 nitrogen and oxygen atoms in total. The van der Waals surface area contributed by atoms with E-state index in [-0.39, 0.29) is 5.69 Å². The van der Waals surface area contributed by atoms with Gasteiger partial charge in [-0.15, -0.1) is 0 Å². The molecule has 1 aromatic rings. The zero-order valence-electron chi connectivity index (χ0n) is 17.8. The molecule has 2 aliphatic rings. The number of amides is 1. The highest BCUT2D eigenvalue weighted by molar-refractivity contribution is 5.96. The van der Waals surface area contributed by atoms with Gasteiger partial charge in [0.15, 0.2) is 0 Å². The first-order valence-corrected chi connectivity index (χ1v) is 10.9. The molecule has 0 radical (unpaired) electrons. The summed E-state index contributed by atoms with van der Waals surface area (Å²) in [7, 11) is 0. The monoisotopic (exact) mass is 423 g/mol. The first-order valence-electron chi connectivity index (χ1n) is 10.9. The van der Waals surface area contributed by atoms with Crippen LogP contribution in [0.25, 0.3) is 0 Å². The number of halogens is 1. The van der Waals surface area contributed by atoms with Gasteiger partial charge in [-0.2, -0.15) is 0 Å². The van der Waals surface area contributed by atoms with Gasteiger partial charge in [-0.3, -0.25) is 9.69 Å². The molecule has 0 bridgehead atoms. The predicted octanol–water partition coefficient (Wildman–Crippen LogP) is 2.24. The van der Waals surface area contributed by atoms with E-state index in [1.807, 2.05) is 0 Å². The van der Waals surface area contributed by atoms with Gasteiger partial charge in [0.05, 0.1) is 32.1 Å². The van der Waals surface area contributed by atoms with Crippen LogP contribution < -0.4 is 10.6 Å². The molecule has 2 fully saturated rings. The minimum Gasteiger partial charge on any atom is -0.379 e. The van der Waals surface area contributed by atoms with Gasteiger partial charge < -0.3 is 24.8 Å². The summed E-state index contributed by atoms with van der Waals surface area (Å²) in [5.41, 5.74) is 0.120. The van der Waals surface area contributed by atoms with E-state index in [4.69, 9.17) is 14.2 Å². The quantitative estimate of drug-likeness (QED) is 0.420. The van der Waals surface area contributed by atoms with Crippen LogP contribution >= 0.6 is 0 Å². The summed E-state index contributed by atoms with van der Waals surface area (Å²) in [6.07, 6.45) is 2.74. The van der Waals surface area contributed by atoms with E-state index in [1.165, 1.54) is 12.1 Å². The first kappa shape index (κ1) is 23.1. The molecule has 2 heterocycles. The fourth-order valence-corrected chi connectivity index (χ4v) is 3.73. The molecule has 2 unspecified atom stereocenters. The number of hydrogen-bond acceptors (Lipinski definition) is 6. The molecule has 168 valence electrons. The van der Waals surface area contributed by atoms with Crippen molar-refractivity contribution >= 4 is 11.6 Å². The average molecular weight is 424 g/mol. The SMILES string of the molecule is CC(OCCCN1CCOCC1)(OCCC1CCNC1)C(=O)Nc1ccccc1F. The molecule has 3 rings (SSSR count). The molecule has 2 saturated heterocycles. The molecular formula is C22H34FN3O4. The van der Waals surface area contributed by atoms with Gasteiger partial charge >= 0.3 is 0 Å². The minimum atomic E-state index is -1.47. The second kappa shape index (κ2) is 11.7. The second-order valence-electron chi connectivity index (χ2n) is 8.03. The molecule has 0 saturated carbocycles. The van der Waals surface area contributed by atoms with Crippen LogP contribution in [-0.4, -0.2) is 75.7 Å². The van der Waals surface area contributed by atoms with Gasteiger partial charge in [0.25, 0.3) is 5.91 Å². The minimum absolute atomic E-state index is 0.120. The number of nitrogens with one attached hydrogen (secondary N) is 2. The maximum absolute atomic E-state index is 14.0. The van der Waals surface area contributed by atoms with E-state index >= 15 is 0 Å². The number of anilines is 1. The number of nitrogens with zero attached hydrogens (tertiary/aromatic N) is 1. The van der Waals surface area contributed by atoms with E-state index in [0.717, 1.165) is 65.2 Å². The Kier molecular flexibility index (Phi) is 9.02. The van der Waals surface area contributed by atoms with Crippen molar-refractivity contribution in [2.24, 2.45) is 5.92 Å². The van der Waals surface area contributed by atoms with Crippen LogP contribution in [0, 0.1) is 11.7 Å². The molecule has 2 aliphatic heterocycles. The van der Waals surface area contributed by atoms with Crippen LogP contribution in [0.15, 0.2) is 24.3 Å². The van der Waals surface area contributed by atoms with Gasteiger partial charge in [-0.1, -0.05) is 12.1 Å². The zero-order valence-corrected chi connectivity index (χ0v) is 17.8. The molecule has 2 N–H and O–H groups in total. The Labute approximate surface area is 178 Å². The molecule has 30 heavy (non-hydrogen) atoms. The van der Waals surface area contributed by atoms with Gasteiger partial charge in [-0.05, 0) is 57.3 Å². The van der Waals surface area contributed by atoms with Crippen LogP contribution in [0.1, 0.15) is 26.2 Å². The summed E-state index contributed by atoms with van der Waals surface area (Å²) < 4.78 is 31.2. The number of benzene rings is 1. The average Bonchev–Trinajstić information content (AvgIpc) is 3.27. The van der Waals surface area contributed by atoms with Crippen molar-refractivity contribution < 1.29 is 23.4 Å². The Morgan fingerprint density at radius 1 is 1.30 bits per heavy atom. The third kappa shape index (κ3) is 6.99. The Balaban J connectivity index is 1.53. The van der Waals surface area contributed by atoms with E-state index in [2.05, 4.69) is 15.5 Å². The van der Waals surface area contributed by atoms with Crippen molar-refractivity contribution in [3.63, 3.8) is 0 Å². The highest BCUT2D eigenvalue weighted by Crippen LogP contribution is 2.21. The van der Waals surface area contributed by atoms with Crippen LogP contribution in [-0.2, 0) is 19.0 Å². The Bertz CT molecular complexity index is 666. The summed E-state index contributed by atoms with van der Waals surface area (Å²) in [5.74, 6) is -1.91. The first-order chi connectivity index (χ1) is 14.6. The zero-order chi connectivity index (χ0) is 21.2. The number of morpholine rings is 1.